The second kappa shape index (κ2) is 12.0. The van der Waals surface area contributed by atoms with Crippen LogP contribution in [0.4, 0.5) is 0 Å². The SMILES string of the molecule is C1CC(N2CCC(C3CNC3)CC2)C1.O=C1CCC(N2Cc3cc(OC4CCCCC4)ccc3C2=O)C(=O)N1. The summed E-state index contributed by atoms with van der Waals surface area (Å²) in [6.45, 7) is 5.78. The number of likely N-dealkylation sites (tertiary alicyclic amines) is 1. The summed E-state index contributed by atoms with van der Waals surface area (Å²) in [5.41, 5.74) is 1.52. The number of imide groups is 1. The minimum absolute atomic E-state index is 0.145. The van der Waals surface area contributed by atoms with E-state index in [1.165, 1.54) is 77.5 Å². The molecule has 3 amide bonds. The molecule has 7 rings (SSSR count). The molecule has 0 aromatic heterocycles. The summed E-state index contributed by atoms with van der Waals surface area (Å²) in [6.07, 6.45) is 14.2. The van der Waals surface area contributed by atoms with Gasteiger partial charge < -0.3 is 19.9 Å². The molecule has 1 atom stereocenters. The molecule has 6 aliphatic rings. The summed E-state index contributed by atoms with van der Waals surface area (Å²) in [5, 5.41) is 5.72. The Kier molecular flexibility index (Phi) is 8.21. The first kappa shape index (κ1) is 26.8. The highest BCUT2D eigenvalue weighted by molar-refractivity contribution is 6.05. The summed E-state index contributed by atoms with van der Waals surface area (Å²) in [7, 11) is 0. The van der Waals surface area contributed by atoms with Crippen LogP contribution in [0.25, 0.3) is 0 Å². The zero-order chi connectivity index (χ0) is 26.8. The van der Waals surface area contributed by atoms with E-state index in [0.717, 1.165) is 42.0 Å². The van der Waals surface area contributed by atoms with Crippen LogP contribution in [0.3, 0.4) is 0 Å². The molecule has 2 saturated carbocycles. The Morgan fingerprint density at radius 2 is 1.59 bits per heavy atom. The smallest absolute Gasteiger partial charge is 0.255 e. The maximum atomic E-state index is 12.6. The predicted octanol–water partition coefficient (Wildman–Crippen LogP) is 3.63. The molecule has 1 aromatic rings. The molecule has 1 aromatic carbocycles. The normalized spacial score (nSPS) is 27.2. The maximum absolute atomic E-state index is 12.6. The number of hydrogen-bond acceptors (Lipinski definition) is 6. The lowest BCUT2D eigenvalue weighted by atomic mass is 9.79. The van der Waals surface area contributed by atoms with Crippen molar-refractivity contribution in [1.82, 2.24) is 20.4 Å². The summed E-state index contributed by atoms with van der Waals surface area (Å²) in [5.74, 6) is 2.08. The van der Waals surface area contributed by atoms with Crippen molar-refractivity contribution in [1.29, 1.82) is 0 Å². The standard InChI is InChI=1S/C19H22N2O4.C12H22N2/c22-17-9-8-16(18(23)20-17)21-11-12-10-14(6-7-15(12)19(21)24)25-13-4-2-1-3-5-13;1-2-12(3-1)14-6-4-10(5-7-14)11-8-13-9-11/h6-7,10,13,16H,1-5,8-9,11H2,(H,20,22,23);10-13H,1-9H2. The minimum atomic E-state index is -0.569. The van der Waals surface area contributed by atoms with E-state index in [0.29, 0.717) is 18.5 Å². The minimum Gasteiger partial charge on any atom is -0.490 e. The van der Waals surface area contributed by atoms with E-state index < -0.39 is 6.04 Å². The van der Waals surface area contributed by atoms with Crippen LogP contribution in [-0.4, -0.2) is 71.9 Å². The van der Waals surface area contributed by atoms with E-state index >= 15 is 0 Å². The summed E-state index contributed by atoms with van der Waals surface area (Å²) in [4.78, 5) is 40.3. The van der Waals surface area contributed by atoms with Gasteiger partial charge in [-0.25, -0.2) is 0 Å². The van der Waals surface area contributed by atoms with Gasteiger partial charge in [0.25, 0.3) is 5.91 Å². The van der Waals surface area contributed by atoms with Crippen LogP contribution < -0.4 is 15.4 Å². The number of fused-ring (bicyclic) bond motifs is 1. The number of benzene rings is 1. The van der Waals surface area contributed by atoms with Gasteiger partial charge >= 0.3 is 0 Å². The molecule has 3 saturated heterocycles. The third-order valence-corrected chi connectivity index (χ3v) is 9.99. The number of ether oxygens (including phenoxy) is 1. The van der Waals surface area contributed by atoms with Crippen LogP contribution >= 0.6 is 0 Å². The van der Waals surface area contributed by atoms with Gasteiger partial charge in [-0.1, -0.05) is 12.8 Å². The Hall–Kier alpha value is -2.45. The van der Waals surface area contributed by atoms with Gasteiger partial charge in [-0.05, 0) is 120 Å². The highest BCUT2D eigenvalue weighted by Gasteiger charge is 2.39. The zero-order valence-corrected chi connectivity index (χ0v) is 23.2. The van der Waals surface area contributed by atoms with Crippen molar-refractivity contribution in [3.05, 3.63) is 29.3 Å². The fourth-order valence-corrected chi connectivity index (χ4v) is 7.15. The van der Waals surface area contributed by atoms with Crippen LogP contribution in [0, 0.1) is 11.8 Å². The Morgan fingerprint density at radius 1 is 0.821 bits per heavy atom. The Bertz CT molecular complexity index is 1030. The molecule has 2 aliphatic carbocycles. The summed E-state index contributed by atoms with van der Waals surface area (Å²) >= 11 is 0. The van der Waals surface area contributed by atoms with Crippen LogP contribution in [0.1, 0.15) is 93.0 Å². The number of amides is 3. The number of nitrogens with zero attached hydrogens (tertiary/aromatic N) is 2. The molecule has 8 nitrogen and oxygen atoms in total. The van der Waals surface area contributed by atoms with E-state index in [4.69, 9.17) is 4.74 Å². The number of rotatable bonds is 5. The van der Waals surface area contributed by atoms with Crippen LogP contribution in [0.15, 0.2) is 18.2 Å². The molecule has 5 fully saturated rings. The fraction of sp³-hybridized carbons (Fsp3) is 0.710. The Labute approximate surface area is 232 Å². The van der Waals surface area contributed by atoms with Gasteiger partial charge in [0.15, 0.2) is 0 Å². The predicted molar refractivity (Wildman–Crippen MR) is 148 cm³/mol. The Morgan fingerprint density at radius 3 is 2.23 bits per heavy atom. The molecule has 8 heteroatoms. The van der Waals surface area contributed by atoms with Crippen molar-refractivity contribution < 1.29 is 19.1 Å². The van der Waals surface area contributed by atoms with Crippen LogP contribution in [-0.2, 0) is 16.1 Å². The highest BCUT2D eigenvalue weighted by atomic mass is 16.5. The molecule has 4 heterocycles. The number of nitrogens with one attached hydrogen (secondary N) is 2. The quantitative estimate of drug-likeness (QED) is 0.559. The summed E-state index contributed by atoms with van der Waals surface area (Å²) in [6, 6.07) is 5.98. The van der Waals surface area contributed by atoms with Gasteiger partial charge in [-0.15, -0.1) is 0 Å². The monoisotopic (exact) mass is 536 g/mol. The van der Waals surface area contributed by atoms with Gasteiger partial charge in [0.05, 0.1) is 6.10 Å². The number of hydrogen-bond donors (Lipinski definition) is 2. The summed E-state index contributed by atoms with van der Waals surface area (Å²) < 4.78 is 6.08. The van der Waals surface area contributed by atoms with Crippen LogP contribution in [0.2, 0.25) is 0 Å². The number of carbonyl (C=O) groups excluding carboxylic acids is 3. The van der Waals surface area contributed by atoms with E-state index in [-0.39, 0.29) is 30.2 Å². The maximum Gasteiger partial charge on any atom is 0.255 e. The first-order valence-corrected chi connectivity index (χ1v) is 15.4. The van der Waals surface area contributed by atoms with E-state index in [1.54, 1.807) is 11.0 Å². The third kappa shape index (κ3) is 6.02. The van der Waals surface area contributed by atoms with Gasteiger partial charge in [-0.3, -0.25) is 19.7 Å². The van der Waals surface area contributed by atoms with E-state index in [1.807, 2.05) is 12.1 Å². The van der Waals surface area contributed by atoms with E-state index in [9.17, 15) is 14.4 Å². The molecule has 39 heavy (non-hydrogen) atoms. The molecular weight excluding hydrogens is 492 g/mol. The van der Waals surface area contributed by atoms with E-state index in [2.05, 4.69) is 15.5 Å². The molecule has 0 spiro atoms. The lowest BCUT2D eigenvalue weighted by molar-refractivity contribution is -0.136. The first-order chi connectivity index (χ1) is 19.0. The fourth-order valence-electron chi connectivity index (χ4n) is 7.15. The average Bonchev–Trinajstić information content (AvgIpc) is 3.19. The van der Waals surface area contributed by atoms with Gasteiger partial charge in [0.1, 0.15) is 11.8 Å². The van der Waals surface area contributed by atoms with Gasteiger partial charge in [0.2, 0.25) is 11.8 Å². The molecule has 2 N–H and O–H groups in total. The lowest BCUT2D eigenvalue weighted by Crippen LogP contribution is -2.52. The third-order valence-electron chi connectivity index (χ3n) is 9.99. The van der Waals surface area contributed by atoms with Crippen molar-refractivity contribution in [3.63, 3.8) is 0 Å². The zero-order valence-electron chi connectivity index (χ0n) is 23.2. The molecule has 4 aliphatic heterocycles. The first-order valence-electron chi connectivity index (χ1n) is 15.4. The number of piperidine rings is 2. The average molecular weight is 537 g/mol. The van der Waals surface area contributed by atoms with Crippen molar-refractivity contribution in [2.24, 2.45) is 11.8 Å². The van der Waals surface area contributed by atoms with Crippen molar-refractivity contribution >= 4 is 17.7 Å². The number of carbonyl (C=O) groups is 3. The highest BCUT2D eigenvalue weighted by Crippen LogP contribution is 2.33. The second-order valence-electron chi connectivity index (χ2n) is 12.5. The van der Waals surface area contributed by atoms with Gasteiger partial charge in [0, 0.05) is 24.6 Å². The lowest BCUT2D eigenvalue weighted by Gasteiger charge is -2.45. The van der Waals surface area contributed by atoms with Crippen molar-refractivity contribution in [3.8, 4) is 5.75 Å². The molecule has 212 valence electrons. The van der Waals surface area contributed by atoms with Crippen molar-refractivity contribution in [2.75, 3.05) is 26.2 Å². The Balaban J connectivity index is 0.000000166. The van der Waals surface area contributed by atoms with Crippen LogP contribution in [0.5, 0.6) is 5.75 Å². The second-order valence-corrected chi connectivity index (χ2v) is 12.5. The molecular formula is C31H44N4O4. The molecule has 0 radical (unpaired) electrons. The van der Waals surface area contributed by atoms with Gasteiger partial charge in [-0.2, -0.15) is 0 Å². The van der Waals surface area contributed by atoms with Crippen molar-refractivity contribution in [2.45, 2.75) is 102 Å². The topological polar surface area (TPSA) is 91.0 Å². The molecule has 1 unspecified atom stereocenters. The molecule has 0 bridgehead atoms. The largest absolute Gasteiger partial charge is 0.490 e.